The molecule has 0 bridgehead atoms. The Labute approximate surface area is 113 Å². The number of sulfonamides is 1. The van der Waals surface area contributed by atoms with Crippen LogP contribution in [0.4, 0.5) is 0 Å². The van der Waals surface area contributed by atoms with E-state index < -0.39 is 20.8 Å². The van der Waals surface area contributed by atoms with E-state index >= 15 is 0 Å². The number of hydrogen-bond acceptors (Lipinski definition) is 4. The Bertz CT molecular complexity index is 552. The van der Waals surface area contributed by atoms with Crippen LogP contribution in [0.1, 0.15) is 12.8 Å². The lowest BCUT2D eigenvalue weighted by Crippen LogP contribution is -2.39. The van der Waals surface area contributed by atoms with Gasteiger partial charge in [-0.15, -0.1) is 0 Å². The minimum absolute atomic E-state index is 0.0154. The van der Waals surface area contributed by atoms with Crippen LogP contribution in [0.15, 0.2) is 23.4 Å². The fourth-order valence-electron chi connectivity index (χ4n) is 1.76. The van der Waals surface area contributed by atoms with E-state index in [4.69, 9.17) is 11.6 Å². The van der Waals surface area contributed by atoms with Gasteiger partial charge in [0.25, 0.3) is 0 Å². The van der Waals surface area contributed by atoms with Crippen molar-refractivity contribution in [3.63, 3.8) is 0 Å². The number of nitrogens with one attached hydrogen (secondary N) is 1. The van der Waals surface area contributed by atoms with Crippen LogP contribution in [-0.4, -0.2) is 35.2 Å². The van der Waals surface area contributed by atoms with Crippen molar-refractivity contribution < 1.29 is 12.6 Å². The zero-order valence-electron chi connectivity index (χ0n) is 9.50. The highest BCUT2D eigenvalue weighted by molar-refractivity contribution is 7.89. The summed E-state index contributed by atoms with van der Waals surface area (Å²) < 4.78 is 38.0. The molecule has 0 aromatic carbocycles. The summed E-state index contributed by atoms with van der Waals surface area (Å²) in [7, 11) is -4.46. The van der Waals surface area contributed by atoms with Crippen molar-refractivity contribution in [3.8, 4) is 0 Å². The Kier molecular flexibility index (Phi) is 4.37. The zero-order chi connectivity index (χ0) is 13.2. The summed E-state index contributed by atoms with van der Waals surface area (Å²) in [6.45, 7) is 0. The first-order chi connectivity index (χ1) is 8.49. The number of hydrogen-bond donors (Lipinski definition) is 1. The van der Waals surface area contributed by atoms with Gasteiger partial charge in [0.15, 0.2) is 0 Å². The Morgan fingerprint density at radius 2 is 2.06 bits per heavy atom. The Morgan fingerprint density at radius 3 is 2.67 bits per heavy atom. The third kappa shape index (κ3) is 3.28. The molecule has 1 aliphatic rings. The molecule has 0 spiro atoms. The average Bonchev–Trinajstić information content (AvgIpc) is 2.32. The molecule has 1 aromatic rings. The van der Waals surface area contributed by atoms with Crippen molar-refractivity contribution in [2.45, 2.75) is 23.8 Å². The molecule has 1 aliphatic heterocycles. The molecule has 0 saturated carbocycles. The van der Waals surface area contributed by atoms with E-state index in [1.165, 1.54) is 18.5 Å². The summed E-state index contributed by atoms with van der Waals surface area (Å²) in [4.78, 5) is 3.75. The molecule has 1 saturated heterocycles. The maximum absolute atomic E-state index is 12.1. The van der Waals surface area contributed by atoms with Gasteiger partial charge in [0.2, 0.25) is 10.0 Å². The highest BCUT2D eigenvalue weighted by atomic mass is 35.5. The van der Waals surface area contributed by atoms with Gasteiger partial charge in [0.1, 0.15) is 4.90 Å². The van der Waals surface area contributed by atoms with Crippen LogP contribution in [0.2, 0.25) is 5.02 Å². The predicted molar refractivity (Wildman–Crippen MR) is 70.5 cm³/mol. The second-order valence-corrected chi connectivity index (χ2v) is 7.84. The lowest BCUT2D eigenvalue weighted by Gasteiger charge is -2.22. The highest BCUT2D eigenvalue weighted by Crippen LogP contribution is 2.20. The fraction of sp³-hybridized carbons (Fsp3) is 0.500. The van der Waals surface area contributed by atoms with E-state index in [0.717, 1.165) is 0 Å². The van der Waals surface area contributed by atoms with Crippen LogP contribution in [0.5, 0.6) is 0 Å². The molecule has 5 nitrogen and oxygen atoms in total. The average molecular weight is 309 g/mol. The van der Waals surface area contributed by atoms with Crippen molar-refractivity contribution in [2.75, 3.05) is 11.5 Å². The SMILES string of the molecule is O=S1CCC(NS(=O)(=O)c2cnccc2Cl)CC1. The van der Waals surface area contributed by atoms with Crippen molar-refractivity contribution in [1.82, 2.24) is 9.71 Å². The lowest BCUT2D eigenvalue weighted by atomic mass is 10.2. The standard InChI is InChI=1S/C10H13ClN2O3S2/c11-9-1-4-12-7-10(9)18(15,16)13-8-2-5-17(14)6-3-8/h1,4,7-8,13H,2-3,5-6H2. The first-order valence-corrected chi connectivity index (χ1v) is 8.81. The maximum atomic E-state index is 12.1. The monoisotopic (exact) mass is 308 g/mol. The summed E-state index contributed by atoms with van der Waals surface area (Å²) in [5.41, 5.74) is 0. The molecular formula is C10H13ClN2O3S2. The van der Waals surface area contributed by atoms with Crippen LogP contribution in [0.25, 0.3) is 0 Å². The molecular weight excluding hydrogens is 296 g/mol. The summed E-state index contributed by atoms with van der Waals surface area (Å²) in [6, 6.07) is 1.26. The topological polar surface area (TPSA) is 76.1 Å². The van der Waals surface area contributed by atoms with Gasteiger partial charge in [-0.2, -0.15) is 0 Å². The van der Waals surface area contributed by atoms with Gasteiger partial charge in [-0.1, -0.05) is 11.6 Å². The van der Waals surface area contributed by atoms with E-state index in [0.29, 0.717) is 24.3 Å². The van der Waals surface area contributed by atoms with Crippen LogP contribution in [0, 0.1) is 0 Å². The molecule has 18 heavy (non-hydrogen) atoms. The van der Waals surface area contributed by atoms with E-state index in [2.05, 4.69) is 9.71 Å². The largest absolute Gasteiger partial charge is 0.263 e. The van der Waals surface area contributed by atoms with Crippen molar-refractivity contribution in [1.29, 1.82) is 0 Å². The van der Waals surface area contributed by atoms with E-state index in [-0.39, 0.29) is 16.0 Å². The van der Waals surface area contributed by atoms with Crippen molar-refractivity contribution in [3.05, 3.63) is 23.5 Å². The maximum Gasteiger partial charge on any atom is 0.243 e. The lowest BCUT2D eigenvalue weighted by molar-refractivity contribution is 0.521. The van der Waals surface area contributed by atoms with Gasteiger partial charge in [-0.3, -0.25) is 9.19 Å². The van der Waals surface area contributed by atoms with E-state index in [1.807, 2.05) is 0 Å². The molecule has 8 heteroatoms. The Morgan fingerprint density at radius 1 is 1.39 bits per heavy atom. The number of halogens is 1. The number of rotatable bonds is 3. The van der Waals surface area contributed by atoms with Crippen molar-refractivity contribution in [2.24, 2.45) is 0 Å². The normalized spacial score (nSPS) is 24.9. The molecule has 0 atom stereocenters. The summed E-state index contributed by atoms with van der Waals surface area (Å²) in [5, 5.41) is 0.150. The minimum Gasteiger partial charge on any atom is -0.263 e. The highest BCUT2D eigenvalue weighted by Gasteiger charge is 2.25. The molecule has 0 amide bonds. The van der Waals surface area contributed by atoms with Gasteiger partial charge < -0.3 is 0 Å². The molecule has 0 aliphatic carbocycles. The molecule has 2 rings (SSSR count). The molecule has 1 fully saturated rings. The summed E-state index contributed by atoms with van der Waals surface area (Å²) in [6.07, 6.45) is 3.84. The number of nitrogens with zero attached hydrogens (tertiary/aromatic N) is 1. The second kappa shape index (κ2) is 5.64. The van der Waals surface area contributed by atoms with Gasteiger partial charge in [-0.25, -0.2) is 13.1 Å². The summed E-state index contributed by atoms with van der Waals surface area (Å²) >= 11 is 5.84. The van der Waals surface area contributed by atoms with Crippen LogP contribution in [0.3, 0.4) is 0 Å². The first-order valence-electron chi connectivity index (χ1n) is 5.46. The summed E-state index contributed by atoms with van der Waals surface area (Å²) in [5.74, 6) is 1.07. The van der Waals surface area contributed by atoms with Gasteiger partial charge >= 0.3 is 0 Å². The minimum atomic E-state index is -3.65. The fourth-order valence-corrected chi connectivity index (χ4v) is 4.79. The molecule has 2 heterocycles. The van der Waals surface area contributed by atoms with Crippen LogP contribution >= 0.6 is 11.6 Å². The Hall–Kier alpha value is -0.500. The smallest absolute Gasteiger partial charge is 0.243 e. The van der Waals surface area contributed by atoms with Gasteiger partial charge in [0.05, 0.1) is 5.02 Å². The third-order valence-electron chi connectivity index (χ3n) is 2.73. The first kappa shape index (κ1) is 13.9. The van der Waals surface area contributed by atoms with Gasteiger partial charge in [-0.05, 0) is 18.9 Å². The third-order valence-corrected chi connectivity index (χ3v) is 6.11. The van der Waals surface area contributed by atoms with Gasteiger partial charge in [0, 0.05) is 40.7 Å². The molecule has 100 valence electrons. The van der Waals surface area contributed by atoms with Crippen LogP contribution < -0.4 is 4.72 Å². The molecule has 0 unspecified atom stereocenters. The van der Waals surface area contributed by atoms with Crippen LogP contribution in [-0.2, 0) is 20.8 Å². The number of pyridine rings is 1. The molecule has 1 N–H and O–H groups in total. The molecule has 0 radical (unpaired) electrons. The predicted octanol–water partition coefficient (Wildman–Crippen LogP) is 0.924. The quantitative estimate of drug-likeness (QED) is 0.901. The van der Waals surface area contributed by atoms with E-state index in [1.54, 1.807) is 0 Å². The Balaban J connectivity index is 2.13. The number of aromatic nitrogens is 1. The molecule has 1 aromatic heterocycles. The second-order valence-electron chi connectivity index (χ2n) is 4.05. The van der Waals surface area contributed by atoms with Crippen molar-refractivity contribution >= 4 is 32.4 Å². The van der Waals surface area contributed by atoms with E-state index in [9.17, 15) is 12.6 Å². The zero-order valence-corrected chi connectivity index (χ0v) is 11.9.